The molecule has 2 atom stereocenters. The minimum atomic E-state index is -0.437. The highest BCUT2D eigenvalue weighted by atomic mass is 32.1. The number of nitrogens with one attached hydrogen (secondary N) is 2. The maximum absolute atomic E-state index is 13.6. The van der Waals surface area contributed by atoms with E-state index in [0.717, 1.165) is 17.6 Å². The molecule has 3 aromatic heterocycles. The van der Waals surface area contributed by atoms with E-state index >= 15 is 0 Å². The Morgan fingerprint density at radius 2 is 2.09 bits per heavy atom. The summed E-state index contributed by atoms with van der Waals surface area (Å²) in [5, 5.41) is 6.88. The first-order chi connectivity index (χ1) is 16.4. The first-order valence-corrected chi connectivity index (χ1v) is 11.9. The Morgan fingerprint density at radius 1 is 1.26 bits per heavy atom. The molecule has 0 aromatic carbocycles. The number of fused-ring (bicyclic) bond motifs is 1. The van der Waals surface area contributed by atoms with Crippen molar-refractivity contribution in [3.8, 4) is 0 Å². The predicted octanol–water partition coefficient (Wildman–Crippen LogP) is 2.08. The normalized spacial score (nSPS) is 19.1. The van der Waals surface area contributed by atoms with Gasteiger partial charge in [-0.2, -0.15) is 4.98 Å². The van der Waals surface area contributed by atoms with Crippen molar-refractivity contribution in [2.24, 2.45) is 5.92 Å². The van der Waals surface area contributed by atoms with Crippen LogP contribution in [-0.2, 0) is 9.53 Å². The summed E-state index contributed by atoms with van der Waals surface area (Å²) < 4.78 is 19.5. The highest BCUT2D eigenvalue weighted by Gasteiger charge is 2.36. The monoisotopic (exact) mass is 485 g/mol. The van der Waals surface area contributed by atoms with Crippen molar-refractivity contribution in [1.29, 1.82) is 0 Å². The van der Waals surface area contributed by atoms with Crippen molar-refractivity contribution in [1.82, 2.24) is 30.2 Å². The van der Waals surface area contributed by atoms with E-state index in [1.807, 2.05) is 13.8 Å². The number of ether oxygens (including phenoxy) is 1. The lowest BCUT2D eigenvalue weighted by Gasteiger charge is -2.39. The molecule has 2 saturated heterocycles. The number of hydrogen-bond acceptors (Lipinski definition) is 9. The van der Waals surface area contributed by atoms with Crippen LogP contribution in [0.5, 0.6) is 0 Å². The lowest BCUT2D eigenvalue weighted by molar-refractivity contribution is -0.126. The van der Waals surface area contributed by atoms with Gasteiger partial charge in [-0.1, -0.05) is 0 Å². The highest BCUT2D eigenvalue weighted by Crippen LogP contribution is 2.28. The van der Waals surface area contributed by atoms with Gasteiger partial charge in [-0.15, -0.1) is 11.3 Å². The number of amides is 2. The zero-order chi connectivity index (χ0) is 23.8. The van der Waals surface area contributed by atoms with E-state index in [2.05, 4.69) is 30.6 Å². The topological polar surface area (TPSA) is 122 Å². The second-order valence-electron chi connectivity index (χ2n) is 8.56. The fourth-order valence-corrected chi connectivity index (χ4v) is 4.87. The number of halogens is 1. The quantitative estimate of drug-likeness (QED) is 0.544. The Bertz CT molecular complexity index is 1240. The molecule has 1 unspecified atom stereocenters. The van der Waals surface area contributed by atoms with E-state index in [1.165, 1.54) is 17.4 Å². The Labute approximate surface area is 199 Å². The molecule has 2 amide bonds. The fourth-order valence-electron chi connectivity index (χ4n) is 4.03. The van der Waals surface area contributed by atoms with Crippen LogP contribution >= 0.6 is 11.3 Å². The molecule has 0 radical (unpaired) electrons. The Kier molecular flexibility index (Phi) is 6.09. The minimum absolute atomic E-state index is 0.0237. The van der Waals surface area contributed by atoms with Crippen LogP contribution in [0.4, 0.5) is 10.3 Å². The maximum Gasteiger partial charge on any atom is 0.274 e. The van der Waals surface area contributed by atoms with Crippen molar-refractivity contribution in [3.63, 3.8) is 0 Å². The second kappa shape index (κ2) is 9.18. The SMILES string of the molecule is Cc1nc2nc(N[C@@H](C)c3cncc(F)c3)nc(C(=O)N3CC(NC(=O)C4CCOC4)C3)c2s1. The molecule has 2 fully saturated rings. The number of pyridine rings is 1. The van der Waals surface area contributed by atoms with Gasteiger partial charge in [0.15, 0.2) is 11.3 Å². The molecule has 2 aliphatic rings. The third kappa shape index (κ3) is 4.55. The number of hydrogen-bond donors (Lipinski definition) is 2. The number of thiazole rings is 1. The van der Waals surface area contributed by atoms with E-state index in [1.54, 1.807) is 11.1 Å². The molecule has 178 valence electrons. The van der Waals surface area contributed by atoms with Crippen LogP contribution in [0.1, 0.15) is 40.4 Å². The van der Waals surface area contributed by atoms with Gasteiger partial charge in [0.25, 0.3) is 5.91 Å². The van der Waals surface area contributed by atoms with Crippen LogP contribution in [0.2, 0.25) is 0 Å². The van der Waals surface area contributed by atoms with Crippen LogP contribution < -0.4 is 10.6 Å². The van der Waals surface area contributed by atoms with Crippen molar-refractivity contribution in [2.45, 2.75) is 32.4 Å². The number of anilines is 1. The third-order valence-corrected chi connectivity index (χ3v) is 6.92. The van der Waals surface area contributed by atoms with Gasteiger partial charge >= 0.3 is 0 Å². The summed E-state index contributed by atoms with van der Waals surface area (Å²) in [7, 11) is 0. The fraction of sp³-hybridized carbons (Fsp3) is 0.455. The zero-order valence-electron chi connectivity index (χ0n) is 18.7. The lowest BCUT2D eigenvalue weighted by Crippen LogP contribution is -2.61. The van der Waals surface area contributed by atoms with E-state index in [0.29, 0.717) is 42.2 Å². The number of carbonyl (C=O) groups excluding carboxylic acids is 2. The average molecular weight is 486 g/mol. The number of rotatable bonds is 6. The molecule has 10 nitrogen and oxygen atoms in total. The number of carbonyl (C=O) groups is 2. The summed E-state index contributed by atoms with van der Waals surface area (Å²) in [6.45, 7) is 5.55. The summed E-state index contributed by atoms with van der Waals surface area (Å²) in [5.74, 6) is -0.591. The minimum Gasteiger partial charge on any atom is -0.381 e. The van der Waals surface area contributed by atoms with Gasteiger partial charge in [0.1, 0.15) is 10.5 Å². The molecule has 2 aliphatic heterocycles. The molecule has 12 heteroatoms. The molecular formula is C22H24FN7O3S. The molecule has 2 N–H and O–H groups in total. The molecule has 34 heavy (non-hydrogen) atoms. The largest absolute Gasteiger partial charge is 0.381 e. The van der Waals surface area contributed by atoms with Crippen LogP contribution in [0.3, 0.4) is 0 Å². The summed E-state index contributed by atoms with van der Waals surface area (Å²) in [4.78, 5) is 44.5. The van der Waals surface area contributed by atoms with E-state index in [9.17, 15) is 14.0 Å². The summed E-state index contributed by atoms with van der Waals surface area (Å²) in [6, 6.07) is 0.955. The Morgan fingerprint density at radius 3 is 2.82 bits per heavy atom. The predicted molar refractivity (Wildman–Crippen MR) is 123 cm³/mol. The molecule has 0 saturated carbocycles. The molecule has 5 rings (SSSR count). The molecule has 5 heterocycles. The van der Waals surface area contributed by atoms with Gasteiger partial charge in [-0.05, 0) is 31.9 Å². The smallest absolute Gasteiger partial charge is 0.274 e. The van der Waals surface area contributed by atoms with Gasteiger partial charge in [-0.25, -0.2) is 14.4 Å². The van der Waals surface area contributed by atoms with Crippen molar-refractivity contribution in [3.05, 3.63) is 40.5 Å². The van der Waals surface area contributed by atoms with Gasteiger partial charge in [0, 0.05) is 25.9 Å². The van der Waals surface area contributed by atoms with E-state index in [-0.39, 0.29) is 41.5 Å². The van der Waals surface area contributed by atoms with Gasteiger partial charge in [-0.3, -0.25) is 14.6 Å². The molecule has 0 bridgehead atoms. The number of aryl methyl sites for hydroxylation is 1. The van der Waals surface area contributed by atoms with Gasteiger partial charge in [0.05, 0.1) is 35.8 Å². The van der Waals surface area contributed by atoms with Crippen LogP contribution in [-0.4, -0.2) is 69.0 Å². The molecule has 0 aliphatic carbocycles. The maximum atomic E-state index is 13.6. The van der Waals surface area contributed by atoms with Crippen molar-refractivity contribution < 1.29 is 18.7 Å². The van der Waals surface area contributed by atoms with Gasteiger partial charge in [0.2, 0.25) is 11.9 Å². The second-order valence-corrected chi connectivity index (χ2v) is 9.76. The Hall–Kier alpha value is -3.25. The van der Waals surface area contributed by atoms with Crippen molar-refractivity contribution >= 4 is 39.4 Å². The van der Waals surface area contributed by atoms with E-state index in [4.69, 9.17) is 4.74 Å². The Balaban J connectivity index is 1.31. The molecule has 0 spiro atoms. The zero-order valence-corrected chi connectivity index (χ0v) is 19.6. The van der Waals surface area contributed by atoms with Crippen LogP contribution in [0.25, 0.3) is 10.3 Å². The molecule has 3 aromatic rings. The van der Waals surface area contributed by atoms with Crippen LogP contribution in [0, 0.1) is 18.7 Å². The number of likely N-dealkylation sites (tertiary alicyclic amines) is 1. The average Bonchev–Trinajstić information content (AvgIpc) is 3.44. The summed E-state index contributed by atoms with van der Waals surface area (Å²) >= 11 is 1.36. The van der Waals surface area contributed by atoms with E-state index < -0.39 is 5.82 Å². The number of aromatic nitrogens is 4. The summed E-state index contributed by atoms with van der Waals surface area (Å²) in [6.07, 6.45) is 3.42. The highest BCUT2D eigenvalue weighted by molar-refractivity contribution is 7.18. The van der Waals surface area contributed by atoms with Crippen LogP contribution in [0.15, 0.2) is 18.5 Å². The van der Waals surface area contributed by atoms with Crippen molar-refractivity contribution in [2.75, 3.05) is 31.6 Å². The first kappa shape index (κ1) is 22.5. The lowest BCUT2D eigenvalue weighted by atomic mass is 10.0. The standard InChI is InChI=1S/C22H24FN7O3S/c1-11(14-5-15(23)7-24-6-14)25-22-28-17(18-19(29-22)26-12(2)34-18)21(32)30-8-16(9-30)27-20(31)13-3-4-33-10-13/h5-7,11,13,16H,3-4,8-10H2,1-2H3,(H,27,31)(H,25,28,29)/t11-,13?/m0/s1. The number of nitrogens with zero attached hydrogens (tertiary/aromatic N) is 5. The summed E-state index contributed by atoms with van der Waals surface area (Å²) in [5.41, 5.74) is 1.32. The van der Waals surface area contributed by atoms with Gasteiger partial charge < -0.3 is 20.3 Å². The third-order valence-electron chi connectivity index (χ3n) is 5.95. The first-order valence-electron chi connectivity index (χ1n) is 11.1. The molecular weight excluding hydrogens is 461 g/mol.